The zero-order valence-corrected chi connectivity index (χ0v) is 21.5. The molecule has 34 heavy (non-hydrogen) atoms. The summed E-state index contributed by atoms with van der Waals surface area (Å²) >= 11 is 0. The number of likely N-dealkylation sites (tertiary alicyclic amines) is 1. The lowest BCUT2D eigenvalue weighted by atomic mass is 10.0. The van der Waals surface area contributed by atoms with E-state index in [0.29, 0.717) is 37.4 Å². The van der Waals surface area contributed by atoms with Gasteiger partial charge in [-0.2, -0.15) is 5.10 Å². The van der Waals surface area contributed by atoms with Crippen LogP contribution in [0.1, 0.15) is 79.7 Å². The molecule has 3 heterocycles. The maximum atomic E-state index is 13.4. The Hall–Kier alpha value is -3.04. The quantitative estimate of drug-likeness (QED) is 0.709. The lowest BCUT2D eigenvalue weighted by Gasteiger charge is -2.39. The molecule has 2 aromatic heterocycles. The number of ether oxygens (including phenoxy) is 2. The number of fused-ring (bicyclic) bond motifs is 1. The van der Waals surface area contributed by atoms with Gasteiger partial charge >= 0.3 is 12.2 Å². The molecule has 10 heteroatoms. The molecule has 0 spiro atoms. The first-order valence-electron chi connectivity index (χ1n) is 11.8. The maximum absolute atomic E-state index is 13.4. The molecule has 2 aromatic rings. The molecule has 2 amide bonds. The summed E-state index contributed by atoms with van der Waals surface area (Å²) in [5, 5.41) is 4.47. The van der Waals surface area contributed by atoms with Crippen molar-refractivity contribution >= 4 is 23.7 Å². The van der Waals surface area contributed by atoms with Crippen molar-refractivity contribution in [1.82, 2.24) is 19.5 Å². The third kappa shape index (κ3) is 5.90. The van der Waals surface area contributed by atoms with Crippen LogP contribution in [-0.4, -0.2) is 62.0 Å². The van der Waals surface area contributed by atoms with Crippen molar-refractivity contribution in [3.05, 3.63) is 28.2 Å². The average Bonchev–Trinajstić information content (AvgIpc) is 3.10. The van der Waals surface area contributed by atoms with Crippen molar-refractivity contribution in [1.29, 1.82) is 0 Å². The molecule has 188 valence electrons. The smallest absolute Gasteiger partial charge is 0.416 e. The molecule has 1 aliphatic rings. The monoisotopic (exact) mass is 475 g/mol. The Morgan fingerprint density at radius 1 is 1.09 bits per heavy atom. The second-order valence-electron chi connectivity index (χ2n) is 11.1. The van der Waals surface area contributed by atoms with Crippen LogP contribution in [-0.2, 0) is 9.47 Å². The minimum atomic E-state index is -0.722. The van der Waals surface area contributed by atoms with E-state index in [-0.39, 0.29) is 23.6 Å². The predicted molar refractivity (Wildman–Crippen MR) is 129 cm³/mol. The zero-order chi connectivity index (χ0) is 25.4. The van der Waals surface area contributed by atoms with E-state index in [2.05, 4.69) is 10.1 Å². The molecule has 0 aliphatic carbocycles. The Labute approximate surface area is 200 Å². The van der Waals surface area contributed by atoms with Gasteiger partial charge in [0.15, 0.2) is 0 Å². The van der Waals surface area contributed by atoms with Crippen molar-refractivity contribution in [2.75, 3.05) is 18.0 Å². The van der Waals surface area contributed by atoms with Crippen molar-refractivity contribution in [3.8, 4) is 0 Å². The summed E-state index contributed by atoms with van der Waals surface area (Å²) < 4.78 is 12.8. The first kappa shape index (κ1) is 25.6. The second kappa shape index (κ2) is 9.31. The van der Waals surface area contributed by atoms with Crippen molar-refractivity contribution in [2.24, 2.45) is 0 Å². The summed E-state index contributed by atoms with van der Waals surface area (Å²) in [5.41, 5.74) is -0.203. The summed E-state index contributed by atoms with van der Waals surface area (Å²) in [4.78, 5) is 44.5. The van der Waals surface area contributed by atoms with Crippen LogP contribution < -0.4 is 10.5 Å². The number of carbonyl (C=O) groups excluding carboxylic acids is 2. The van der Waals surface area contributed by atoms with Gasteiger partial charge in [-0.1, -0.05) is 13.8 Å². The molecule has 1 saturated heterocycles. The number of amides is 2. The van der Waals surface area contributed by atoms with E-state index in [0.717, 1.165) is 5.56 Å². The number of piperidine rings is 1. The maximum Gasteiger partial charge on any atom is 0.416 e. The number of hydrogen-bond donors (Lipinski definition) is 1. The summed E-state index contributed by atoms with van der Waals surface area (Å²) in [6.45, 7) is 15.7. The largest absolute Gasteiger partial charge is 0.444 e. The summed E-state index contributed by atoms with van der Waals surface area (Å²) in [5.74, 6) is 0.478. The van der Waals surface area contributed by atoms with E-state index in [9.17, 15) is 14.4 Å². The minimum Gasteiger partial charge on any atom is -0.444 e. The lowest BCUT2D eigenvalue weighted by molar-refractivity contribution is 0.0200. The van der Waals surface area contributed by atoms with Gasteiger partial charge < -0.3 is 19.4 Å². The number of rotatable bonds is 3. The Balaban J connectivity index is 1.97. The Morgan fingerprint density at radius 3 is 2.21 bits per heavy atom. The number of H-pyrrole nitrogens is 1. The van der Waals surface area contributed by atoms with E-state index < -0.39 is 17.3 Å². The van der Waals surface area contributed by atoms with Crippen LogP contribution in [0.15, 0.2) is 17.1 Å². The third-order valence-electron chi connectivity index (χ3n) is 5.46. The number of aromatic nitrogens is 3. The van der Waals surface area contributed by atoms with Crippen LogP contribution in [0, 0.1) is 0 Å². The average molecular weight is 476 g/mol. The molecule has 0 atom stereocenters. The van der Waals surface area contributed by atoms with E-state index in [1.165, 1.54) is 11.0 Å². The summed E-state index contributed by atoms with van der Waals surface area (Å²) in [6, 6.07) is 1.08. The fraction of sp³-hybridized carbons (Fsp3) is 0.667. The molecular formula is C24H37N5O5. The fourth-order valence-electron chi connectivity index (χ4n) is 3.96. The van der Waals surface area contributed by atoms with Crippen molar-refractivity contribution in [2.45, 2.75) is 91.4 Å². The van der Waals surface area contributed by atoms with E-state index >= 15 is 0 Å². The molecule has 0 bridgehead atoms. The van der Waals surface area contributed by atoms with Gasteiger partial charge in [0.25, 0.3) is 5.56 Å². The molecule has 0 radical (unpaired) electrons. The van der Waals surface area contributed by atoms with Crippen LogP contribution in [0.3, 0.4) is 0 Å². The van der Waals surface area contributed by atoms with Gasteiger partial charge in [-0.05, 0) is 60.3 Å². The lowest BCUT2D eigenvalue weighted by Crippen LogP contribution is -2.51. The van der Waals surface area contributed by atoms with Crippen LogP contribution in [0.4, 0.5) is 15.4 Å². The summed E-state index contributed by atoms with van der Waals surface area (Å²) in [7, 11) is 0. The number of nitrogens with one attached hydrogen (secondary N) is 1. The highest BCUT2D eigenvalue weighted by Gasteiger charge is 2.36. The van der Waals surface area contributed by atoms with Crippen LogP contribution >= 0.6 is 0 Å². The number of carbonyl (C=O) groups is 2. The van der Waals surface area contributed by atoms with Crippen molar-refractivity contribution in [3.63, 3.8) is 0 Å². The zero-order valence-electron chi connectivity index (χ0n) is 21.5. The van der Waals surface area contributed by atoms with E-state index in [4.69, 9.17) is 9.47 Å². The Morgan fingerprint density at radius 2 is 1.68 bits per heavy atom. The van der Waals surface area contributed by atoms with E-state index in [1.54, 1.807) is 36.4 Å². The van der Waals surface area contributed by atoms with Gasteiger partial charge in [0.1, 0.15) is 22.7 Å². The highest BCUT2D eigenvalue weighted by Crippen LogP contribution is 2.28. The van der Waals surface area contributed by atoms with Gasteiger partial charge in [-0.25, -0.2) is 14.1 Å². The molecule has 0 saturated carbocycles. The number of aromatic amines is 1. The number of nitrogens with zero attached hydrogens (tertiary/aromatic N) is 4. The topological polar surface area (TPSA) is 109 Å². The van der Waals surface area contributed by atoms with Gasteiger partial charge in [0.05, 0.1) is 6.20 Å². The normalized spacial score (nSPS) is 15.6. The first-order chi connectivity index (χ1) is 15.7. The van der Waals surface area contributed by atoms with Crippen LogP contribution in [0.5, 0.6) is 0 Å². The molecule has 10 nitrogen and oxygen atoms in total. The Kier molecular flexibility index (Phi) is 7.00. The molecule has 3 rings (SSSR count). The van der Waals surface area contributed by atoms with Gasteiger partial charge in [-0.15, -0.1) is 0 Å². The molecule has 0 aromatic carbocycles. The SMILES string of the molecule is CC(C)c1cnn2c(N(C(=O)OC(C)(C)C)C3CCN(C(=O)OC(C)(C)C)CC3)cc(=O)[nH]c12. The highest BCUT2D eigenvalue weighted by molar-refractivity contribution is 5.88. The first-order valence-corrected chi connectivity index (χ1v) is 11.8. The Bertz CT molecular complexity index is 1100. The molecule has 0 unspecified atom stereocenters. The molecule has 1 fully saturated rings. The van der Waals surface area contributed by atoms with Crippen LogP contribution in [0.2, 0.25) is 0 Å². The summed E-state index contributed by atoms with van der Waals surface area (Å²) in [6.07, 6.45) is 1.78. The fourth-order valence-corrected chi connectivity index (χ4v) is 3.96. The van der Waals surface area contributed by atoms with Gasteiger partial charge in [0.2, 0.25) is 0 Å². The second-order valence-corrected chi connectivity index (χ2v) is 11.1. The number of hydrogen-bond acceptors (Lipinski definition) is 6. The highest BCUT2D eigenvalue weighted by atomic mass is 16.6. The molecule has 1 aliphatic heterocycles. The van der Waals surface area contributed by atoms with E-state index in [1.807, 2.05) is 34.6 Å². The molecular weight excluding hydrogens is 438 g/mol. The standard InChI is InChI=1S/C24H37N5O5/c1-15(2)17-14-25-29-19(13-18(30)26-20(17)29)28(22(32)34-24(6,7)8)16-9-11-27(12-10-16)21(31)33-23(3,4)5/h13-16H,9-12H2,1-8H3,(H,26,30). The van der Waals surface area contributed by atoms with Crippen LogP contribution in [0.25, 0.3) is 5.65 Å². The molecule has 1 N–H and O–H groups in total. The number of anilines is 1. The predicted octanol–water partition coefficient (Wildman–Crippen LogP) is 4.29. The minimum absolute atomic E-state index is 0.135. The van der Waals surface area contributed by atoms with Crippen molar-refractivity contribution < 1.29 is 19.1 Å². The third-order valence-corrected chi connectivity index (χ3v) is 5.46. The van der Waals surface area contributed by atoms with Gasteiger partial charge in [-0.3, -0.25) is 9.69 Å². The van der Waals surface area contributed by atoms with Gasteiger partial charge in [0, 0.05) is 30.8 Å².